The summed E-state index contributed by atoms with van der Waals surface area (Å²) in [5.41, 5.74) is -1.29. The number of amides is 2. The Balaban J connectivity index is 2.23. The Bertz CT molecular complexity index is 605. The quantitative estimate of drug-likeness (QED) is 0.707. The van der Waals surface area contributed by atoms with Gasteiger partial charge in [-0.2, -0.15) is 5.06 Å². The molecule has 2 N–H and O–H groups in total. The van der Waals surface area contributed by atoms with Crippen LogP contribution >= 0.6 is 0 Å². The molecule has 0 radical (unpaired) electrons. The number of aliphatic hydroxyl groups excluding tert-OH is 1. The molecule has 1 saturated heterocycles. The molecule has 0 saturated carbocycles. The van der Waals surface area contributed by atoms with Crippen LogP contribution in [0.5, 0.6) is 0 Å². The summed E-state index contributed by atoms with van der Waals surface area (Å²) in [5.74, 6) is -1.90. The molecule has 1 aromatic carbocycles. The van der Waals surface area contributed by atoms with Gasteiger partial charge in [-0.3, -0.25) is 14.4 Å². The number of nitrogens with one attached hydrogen (secondary N) is 1. The number of carbonyl (C=O) groups is 3. The van der Waals surface area contributed by atoms with E-state index in [2.05, 4.69) is 10.1 Å². The van der Waals surface area contributed by atoms with Crippen LogP contribution in [0.25, 0.3) is 0 Å². The number of hydroxylamine groups is 2. The fraction of sp³-hybridized carbons (Fsp3) is 0.400. The predicted octanol–water partition coefficient (Wildman–Crippen LogP) is -0.517. The number of esters is 1. The van der Waals surface area contributed by atoms with Crippen LogP contribution < -0.4 is 5.32 Å². The van der Waals surface area contributed by atoms with Crippen LogP contribution in [0.2, 0.25) is 0 Å². The van der Waals surface area contributed by atoms with Crippen LogP contribution in [-0.2, 0) is 19.2 Å². The van der Waals surface area contributed by atoms with Gasteiger partial charge in [-0.05, 0) is 12.1 Å². The van der Waals surface area contributed by atoms with Crippen molar-refractivity contribution in [2.45, 2.75) is 18.0 Å². The molecular formula is C15H18N2O6. The second-order valence-corrected chi connectivity index (χ2v) is 5.09. The number of rotatable bonds is 5. The highest BCUT2D eigenvalue weighted by Gasteiger charge is 2.58. The summed E-state index contributed by atoms with van der Waals surface area (Å²) >= 11 is 0. The number of hydrogen-bond acceptors (Lipinski definition) is 6. The van der Waals surface area contributed by atoms with Crippen molar-refractivity contribution in [2.75, 3.05) is 20.8 Å². The summed E-state index contributed by atoms with van der Waals surface area (Å²) in [7, 11) is 2.35. The fourth-order valence-corrected chi connectivity index (χ4v) is 2.62. The molecule has 0 unspecified atom stereocenters. The molecule has 1 heterocycles. The van der Waals surface area contributed by atoms with Crippen molar-refractivity contribution in [3.05, 3.63) is 35.9 Å². The van der Waals surface area contributed by atoms with Crippen molar-refractivity contribution in [3.63, 3.8) is 0 Å². The Morgan fingerprint density at radius 2 is 2.00 bits per heavy atom. The van der Waals surface area contributed by atoms with E-state index in [1.807, 2.05) is 0 Å². The molecule has 8 nitrogen and oxygen atoms in total. The first-order chi connectivity index (χ1) is 11.0. The number of carbonyl (C=O) groups excluding carboxylic acids is 3. The predicted molar refractivity (Wildman–Crippen MR) is 78.0 cm³/mol. The summed E-state index contributed by atoms with van der Waals surface area (Å²) < 4.78 is 4.66. The third kappa shape index (κ3) is 2.90. The van der Waals surface area contributed by atoms with Crippen LogP contribution in [0.3, 0.4) is 0 Å². The first-order valence-electron chi connectivity index (χ1n) is 6.93. The van der Waals surface area contributed by atoms with E-state index in [4.69, 9.17) is 4.84 Å². The first kappa shape index (κ1) is 16.9. The molecule has 1 aliphatic rings. The normalized spacial score (nSPS) is 23.7. The highest BCUT2D eigenvalue weighted by atomic mass is 16.7. The lowest BCUT2D eigenvalue weighted by Crippen LogP contribution is -2.54. The molecule has 23 heavy (non-hydrogen) atoms. The Kier molecular flexibility index (Phi) is 4.97. The van der Waals surface area contributed by atoms with E-state index < -0.39 is 36.0 Å². The van der Waals surface area contributed by atoms with E-state index in [-0.39, 0.29) is 6.42 Å². The van der Waals surface area contributed by atoms with E-state index in [9.17, 15) is 19.5 Å². The van der Waals surface area contributed by atoms with E-state index in [0.29, 0.717) is 5.56 Å². The van der Waals surface area contributed by atoms with Crippen molar-refractivity contribution < 1.29 is 29.1 Å². The van der Waals surface area contributed by atoms with Gasteiger partial charge in [0.15, 0.2) is 5.54 Å². The Morgan fingerprint density at radius 1 is 1.35 bits per heavy atom. The monoisotopic (exact) mass is 322 g/mol. The summed E-state index contributed by atoms with van der Waals surface area (Å²) in [4.78, 5) is 41.5. The van der Waals surface area contributed by atoms with Crippen LogP contribution in [-0.4, -0.2) is 60.4 Å². The molecule has 1 aromatic rings. The summed E-state index contributed by atoms with van der Waals surface area (Å²) in [5, 5.41) is 12.9. The minimum Gasteiger partial charge on any atom is -0.467 e. The highest BCUT2D eigenvalue weighted by molar-refractivity contribution is 6.00. The third-order valence-electron chi connectivity index (χ3n) is 3.78. The second-order valence-electron chi connectivity index (χ2n) is 5.09. The van der Waals surface area contributed by atoms with Gasteiger partial charge in [0.2, 0.25) is 0 Å². The van der Waals surface area contributed by atoms with Gasteiger partial charge in [-0.15, -0.1) is 0 Å². The Hall–Kier alpha value is -2.45. The maximum atomic E-state index is 12.4. The molecule has 0 aromatic heterocycles. The smallest absolute Gasteiger partial charge is 0.336 e. The number of nitrogens with zero attached hydrogens (tertiary/aromatic N) is 1. The average Bonchev–Trinajstić information content (AvgIpc) is 2.87. The van der Waals surface area contributed by atoms with Crippen LogP contribution in [0.4, 0.5) is 0 Å². The zero-order chi connectivity index (χ0) is 17.0. The number of methoxy groups -OCH3 is 1. The van der Waals surface area contributed by atoms with E-state index in [1.165, 1.54) is 7.11 Å². The zero-order valence-corrected chi connectivity index (χ0v) is 12.8. The van der Waals surface area contributed by atoms with Gasteiger partial charge in [-0.1, -0.05) is 18.2 Å². The maximum absolute atomic E-state index is 12.4. The molecular weight excluding hydrogens is 304 g/mol. The zero-order valence-electron chi connectivity index (χ0n) is 12.8. The molecule has 0 bridgehead atoms. The molecule has 2 rings (SSSR count). The molecule has 124 valence electrons. The summed E-state index contributed by atoms with van der Waals surface area (Å²) in [6, 6.07) is 7.34. The number of ether oxygens (including phenoxy) is 1. The molecule has 2 amide bonds. The number of hydrogen-bond donors (Lipinski definition) is 2. The molecule has 1 fully saturated rings. The van der Waals surface area contributed by atoms with Gasteiger partial charge < -0.3 is 15.2 Å². The van der Waals surface area contributed by atoms with Crippen LogP contribution in [0.15, 0.2) is 30.3 Å². The molecule has 0 aliphatic carbocycles. The Morgan fingerprint density at radius 3 is 2.52 bits per heavy atom. The van der Waals surface area contributed by atoms with Crippen molar-refractivity contribution in [1.29, 1.82) is 0 Å². The highest BCUT2D eigenvalue weighted by Crippen LogP contribution is 2.31. The molecule has 8 heteroatoms. The van der Waals surface area contributed by atoms with Crippen molar-refractivity contribution >= 4 is 17.8 Å². The molecule has 1 aliphatic heterocycles. The number of benzene rings is 1. The lowest BCUT2D eigenvalue weighted by atomic mass is 9.96. The SMILES string of the molecule is COC(=O)[C@@]1(CO)C[C@H](NC(=O)c2ccccc2)C(=O)N1OC. The van der Waals surface area contributed by atoms with Gasteiger partial charge in [0.05, 0.1) is 20.8 Å². The van der Waals surface area contributed by atoms with Crippen LogP contribution in [0, 0.1) is 0 Å². The molecule has 2 atom stereocenters. The van der Waals surface area contributed by atoms with Gasteiger partial charge in [0.25, 0.3) is 11.8 Å². The van der Waals surface area contributed by atoms with Crippen molar-refractivity contribution in [2.24, 2.45) is 0 Å². The topological polar surface area (TPSA) is 105 Å². The summed E-state index contributed by atoms with van der Waals surface area (Å²) in [6.45, 7) is -0.684. The minimum absolute atomic E-state index is 0.151. The number of aliphatic hydroxyl groups is 1. The van der Waals surface area contributed by atoms with E-state index in [0.717, 1.165) is 12.2 Å². The largest absolute Gasteiger partial charge is 0.467 e. The van der Waals surface area contributed by atoms with Crippen molar-refractivity contribution in [1.82, 2.24) is 10.4 Å². The van der Waals surface area contributed by atoms with Crippen molar-refractivity contribution in [3.8, 4) is 0 Å². The van der Waals surface area contributed by atoms with Crippen LogP contribution in [0.1, 0.15) is 16.8 Å². The average molecular weight is 322 g/mol. The standard InChI is InChI=1S/C15H18N2O6/c1-22-14(21)15(9-18)8-11(13(20)17(15)23-2)16-12(19)10-6-4-3-5-7-10/h3-7,11,18H,8-9H2,1-2H3,(H,16,19)/t11-,15-/m0/s1. The lowest BCUT2D eigenvalue weighted by Gasteiger charge is -2.31. The van der Waals surface area contributed by atoms with Gasteiger partial charge in [0.1, 0.15) is 6.04 Å². The minimum atomic E-state index is -1.67. The molecule has 0 spiro atoms. The maximum Gasteiger partial charge on any atom is 0.336 e. The van der Waals surface area contributed by atoms with E-state index >= 15 is 0 Å². The lowest BCUT2D eigenvalue weighted by molar-refractivity contribution is -0.212. The fourth-order valence-electron chi connectivity index (χ4n) is 2.62. The second kappa shape index (κ2) is 6.76. The Labute approximate surface area is 132 Å². The third-order valence-corrected chi connectivity index (χ3v) is 3.78. The van der Waals surface area contributed by atoms with Gasteiger partial charge in [0, 0.05) is 12.0 Å². The van der Waals surface area contributed by atoms with Gasteiger partial charge >= 0.3 is 5.97 Å². The summed E-state index contributed by atoms with van der Waals surface area (Å²) in [6.07, 6.45) is -0.151. The first-order valence-corrected chi connectivity index (χ1v) is 6.93. The van der Waals surface area contributed by atoms with Gasteiger partial charge in [-0.25, -0.2) is 4.79 Å². The van der Waals surface area contributed by atoms with E-state index in [1.54, 1.807) is 30.3 Å².